The van der Waals surface area contributed by atoms with Crippen molar-refractivity contribution in [3.8, 4) is 0 Å². The Kier molecular flexibility index (Phi) is 6.49. The zero-order valence-corrected chi connectivity index (χ0v) is 13.9. The van der Waals surface area contributed by atoms with Gasteiger partial charge in [-0.25, -0.2) is 0 Å². The first-order valence-corrected chi connectivity index (χ1v) is 8.22. The number of rotatable bonds is 7. The maximum absolute atomic E-state index is 13.2. The largest absolute Gasteiger partial charge is 0.409 e. The molecule has 122 valence electrons. The molecular weight excluding hydrogens is 266 g/mol. The molecule has 0 aliphatic heterocycles. The highest BCUT2D eigenvalue weighted by molar-refractivity contribution is 6.06. The summed E-state index contributed by atoms with van der Waals surface area (Å²) in [4.78, 5) is 15.2. The molecule has 1 aliphatic rings. The number of amides is 1. The van der Waals surface area contributed by atoms with Gasteiger partial charge in [0.1, 0.15) is 5.41 Å². The van der Waals surface area contributed by atoms with Gasteiger partial charge in [-0.1, -0.05) is 45.7 Å². The lowest BCUT2D eigenvalue weighted by molar-refractivity contribution is -0.142. The van der Waals surface area contributed by atoms with Crippen molar-refractivity contribution in [2.75, 3.05) is 6.54 Å². The number of nitrogens with two attached hydrogens (primary N) is 1. The molecule has 0 spiro atoms. The molecule has 0 radical (unpaired) electrons. The first-order valence-electron chi connectivity index (χ1n) is 8.22. The Bertz CT molecular complexity index is 370. The normalized spacial score (nSPS) is 17.5. The van der Waals surface area contributed by atoms with E-state index in [0.29, 0.717) is 24.8 Å². The van der Waals surface area contributed by atoms with Crippen LogP contribution in [0.1, 0.15) is 66.2 Å². The van der Waals surface area contributed by atoms with Gasteiger partial charge < -0.3 is 15.8 Å². The van der Waals surface area contributed by atoms with Gasteiger partial charge in [-0.05, 0) is 31.6 Å². The zero-order chi connectivity index (χ0) is 16.0. The number of nitrogens with zero attached hydrogens (tertiary/aromatic N) is 2. The van der Waals surface area contributed by atoms with Crippen LogP contribution in [0, 0.1) is 11.3 Å². The van der Waals surface area contributed by atoms with Crippen LogP contribution in [0.25, 0.3) is 0 Å². The summed E-state index contributed by atoms with van der Waals surface area (Å²) in [5, 5.41) is 12.3. The van der Waals surface area contributed by atoms with Crippen molar-refractivity contribution in [2.24, 2.45) is 22.2 Å². The van der Waals surface area contributed by atoms with Crippen molar-refractivity contribution in [2.45, 2.75) is 72.3 Å². The van der Waals surface area contributed by atoms with Crippen molar-refractivity contribution in [3.63, 3.8) is 0 Å². The molecule has 1 aliphatic carbocycles. The summed E-state index contributed by atoms with van der Waals surface area (Å²) in [6.07, 6.45) is 5.61. The zero-order valence-electron chi connectivity index (χ0n) is 13.9. The Morgan fingerprint density at radius 2 is 1.86 bits per heavy atom. The van der Waals surface area contributed by atoms with Gasteiger partial charge in [0.25, 0.3) is 0 Å². The molecule has 1 saturated carbocycles. The maximum atomic E-state index is 13.2. The monoisotopic (exact) mass is 297 g/mol. The quantitative estimate of drug-likeness (QED) is 0.328. The van der Waals surface area contributed by atoms with E-state index in [2.05, 4.69) is 19.0 Å². The van der Waals surface area contributed by atoms with Crippen LogP contribution in [0.15, 0.2) is 5.16 Å². The fourth-order valence-electron chi connectivity index (χ4n) is 3.40. The van der Waals surface area contributed by atoms with Crippen LogP contribution in [-0.4, -0.2) is 34.4 Å². The average molecular weight is 297 g/mol. The number of carbonyl (C=O) groups is 1. The summed E-state index contributed by atoms with van der Waals surface area (Å²) in [6.45, 7) is 8.85. The minimum atomic E-state index is -0.869. The van der Waals surface area contributed by atoms with Crippen LogP contribution in [0.4, 0.5) is 0 Å². The van der Waals surface area contributed by atoms with E-state index in [4.69, 9.17) is 10.9 Å². The molecule has 0 heterocycles. The molecule has 1 rings (SSSR count). The Hall–Kier alpha value is -1.26. The van der Waals surface area contributed by atoms with Crippen molar-refractivity contribution >= 4 is 11.7 Å². The highest BCUT2D eigenvalue weighted by Crippen LogP contribution is 2.34. The first kappa shape index (κ1) is 17.8. The van der Waals surface area contributed by atoms with Gasteiger partial charge in [0, 0.05) is 12.6 Å². The van der Waals surface area contributed by atoms with E-state index in [0.717, 1.165) is 19.4 Å². The molecule has 0 aromatic heterocycles. The van der Waals surface area contributed by atoms with E-state index >= 15 is 0 Å². The number of amidine groups is 1. The molecular formula is C16H31N3O2. The molecule has 1 amide bonds. The number of carbonyl (C=O) groups excluding carboxylic acids is 1. The summed E-state index contributed by atoms with van der Waals surface area (Å²) in [7, 11) is 0. The number of hydrogen-bond acceptors (Lipinski definition) is 3. The second-order valence-electron chi connectivity index (χ2n) is 6.56. The Balaban J connectivity index is 3.11. The second-order valence-corrected chi connectivity index (χ2v) is 6.56. The lowest BCUT2D eigenvalue weighted by atomic mass is 9.79. The van der Waals surface area contributed by atoms with Gasteiger partial charge in [0.05, 0.1) is 0 Å². The SMILES string of the molecule is CCC(CC)(C(=O)N(CC(C)C)C1CCCC1)C(N)=NO. The fourth-order valence-corrected chi connectivity index (χ4v) is 3.40. The van der Waals surface area contributed by atoms with E-state index in [1.165, 1.54) is 12.8 Å². The van der Waals surface area contributed by atoms with Crippen LogP contribution in [0.5, 0.6) is 0 Å². The molecule has 0 aromatic carbocycles. The van der Waals surface area contributed by atoms with Gasteiger partial charge in [-0.15, -0.1) is 0 Å². The second kappa shape index (κ2) is 7.66. The molecule has 0 unspecified atom stereocenters. The minimum Gasteiger partial charge on any atom is -0.409 e. The van der Waals surface area contributed by atoms with E-state index in [1.807, 2.05) is 18.7 Å². The predicted octanol–water partition coefficient (Wildman–Crippen LogP) is 2.97. The van der Waals surface area contributed by atoms with Crippen LogP contribution in [-0.2, 0) is 4.79 Å². The third-order valence-corrected chi connectivity index (χ3v) is 4.80. The molecule has 21 heavy (non-hydrogen) atoms. The smallest absolute Gasteiger partial charge is 0.236 e. The highest BCUT2D eigenvalue weighted by Gasteiger charge is 2.44. The van der Waals surface area contributed by atoms with Crippen molar-refractivity contribution in [1.29, 1.82) is 0 Å². The summed E-state index contributed by atoms with van der Waals surface area (Å²) in [6, 6.07) is 0.309. The first-order chi connectivity index (χ1) is 9.92. The van der Waals surface area contributed by atoms with Crippen LogP contribution < -0.4 is 5.73 Å². The van der Waals surface area contributed by atoms with Gasteiger partial charge in [0.2, 0.25) is 5.91 Å². The summed E-state index contributed by atoms with van der Waals surface area (Å²) in [5.74, 6) is 0.487. The van der Waals surface area contributed by atoms with E-state index < -0.39 is 5.41 Å². The third-order valence-electron chi connectivity index (χ3n) is 4.80. The Morgan fingerprint density at radius 1 is 1.33 bits per heavy atom. The molecule has 5 heteroatoms. The van der Waals surface area contributed by atoms with Crippen molar-refractivity contribution < 1.29 is 10.0 Å². The topological polar surface area (TPSA) is 78.9 Å². The lowest BCUT2D eigenvalue weighted by Crippen LogP contribution is -2.54. The van der Waals surface area contributed by atoms with E-state index in [-0.39, 0.29) is 11.7 Å². The minimum absolute atomic E-state index is 0.0309. The van der Waals surface area contributed by atoms with Gasteiger partial charge in [-0.3, -0.25) is 4.79 Å². The molecule has 3 N–H and O–H groups in total. The lowest BCUT2D eigenvalue weighted by Gasteiger charge is -2.39. The predicted molar refractivity (Wildman–Crippen MR) is 85.2 cm³/mol. The summed E-state index contributed by atoms with van der Waals surface area (Å²) < 4.78 is 0. The third kappa shape index (κ3) is 3.69. The molecule has 5 nitrogen and oxygen atoms in total. The average Bonchev–Trinajstić information content (AvgIpc) is 2.99. The van der Waals surface area contributed by atoms with Crippen molar-refractivity contribution in [1.82, 2.24) is 4.90 Å². The fraction of sp³-hybridized carbons (Fsp3) is 0.875. The van der Waals surface area contributed by atoms with Crippen LogP contribution >= 0.6 is 0 Å². The maximum Gasteiger partial charge on any atom is 0.236 e. The van der Waals surface area contributed by atoms with Gasteiger partial charge in [0.15, 0.2) is 5.84 Å². The molecule has 0 saturated heterocycles. The van der Waals surface area contributed by atoms with E-state index in [9.17, 15) is 4.79 Å². The Morgan fingerprint density at radius 3 is 2.24 bits per heavy atom. The molecule has 0 aromatic rings. The number of oxime groups is 1. The summed E-state index contributed by atoms with van der Waals surface area (Å²) in [5.41, 5.74) is 5.03. The van der Waals surface area contributed by atoms with E-state index in [1.54, 1.807) is 0 Å². The van der Waals surface area contributed by atoms with Gasteiger partial charge in [-0.2, -0.15) is 0 Å². The van der Waals surface area contributed by atoms with Crippen molar-refractivity contribution in [3.05, 3.63) is 0 Å². The molecule has 0 atom stereocenters. The summed E-state index contributed by atoms with van der Waals surface area (Å²) >= 11 is 0. The standard InChI is InChI=1S/C16H31N3O2/c1-5-16(6-2,14(17)18-21)15(20)19(11-12(3)4)13-9-7-8-10-13/h12-13,21H,5-11H2,1-4H3,(H2,17,18). The molecule has 0 bridgehead atoms. The number of hydrogen-bond donors (Lipinski definition) is 2. The Labute approximate surface area is 128 Å². The highest BCUT2D eigenvalue weighted by atomic mass is 16.4. The van der Waals surface area contributed by atoms with Gasteiger partial charge >= 0.3 is 0 Å². The van der Waals surface area contributed by atoms with Crippen LogP contribution in [0.3, 0.4) is 0 Å². The van der Waals surface area contributed by atoms with Crippen LogP contribution in [0.2, 0.25) is 0 Å². The molecule has 1 fully saturated rings.